The minimum Gasteiger partial charge on any atom is -0.494 e. The van der Waals surface area contributed by atoms with Crippen molar-refractivity contribution >= 4 is 68.7 Å². The number of thiophene rings is 1. The van der Waals surface area contributed by atoms with E-state index in [4.69, 9.17) is 45.9 Å². The Balaban J connectivity index is 1.79. The number of nitrogens with two attached hydrogens (primary N) is 1. The van der Waals surface area contributed by atoms with Gasteiger partial charge in [-0.2, -0.15) is 0 Å². The Morgan fingerprint density at radius 1 is 1.25 bits per heavy atom. The van der Waals surface area contributed by atoms with Crippen LogP contribution in [-0.2, 0) is 12.8 Å². The molecule has 1 aromatic heterocycles. The number of anilines is 1. The van der Waals surface area contributed by atoms with Crippen LogP contribution >= 0.6 is 46.8 Å². The molecular weight excluding hydrogens is 489 g/mol. The number of benzene rings is 1. The van der Waals surface area contributed by atoms with Crippen molar-refractivity contribution in [2.24, 2.45) is 17.1 Å². The lowest BCUT2D eigenvalue weighted by Gasteiger charge is -2.33. The third-order valence-electron chi connectivity index (χ3n) is 5.66. The SMILES string of the molecule is COc1c(Cl)cc(C(=O)NC(=S)Nc2sc3c(c2C(N)=O)CCC(C(C)(C)C)C3)cc1Cl. The van der Waals surface area contributed by atoms with Gasteiger partial charge in [0.2, 0.25) is 0 Å². The summed E-state index contributed by atoms with van der Waals surface area (Å²) in [6.07, 6.45) is 2.66. The Labute approximate surface area is 206 Å². The van der Waals surface area contributed by atoms with E-state index in [2.05, 4.69) is 31.4 Å². The van der Waals surface area contributed by atoms with E-state index in [0.29, 0.717) is 16.5 Å². The fourth-order valence-electron chi connectivity index (χ4n) is 3.87. The number of amides is 2. The van der Waals surface area contributed by atoms with Crippen molar-refractivity contribution in [1.82, 2.24) is 5.32 Å². The van der Waals surface area contributed by atoms with E-state index in [-0.39, 0.29) is 31.9 Å². The first-order valence-electron chi connectivity index (χ1n) is 10.0. The zero-order valence-electron chi connectivity index (χ0n) is 18.2. The van der Waals surface area contributed by atoms with Crippen molar-refractivity contribution in [2.45, 2.75) is 40.0 Å². The van der Waals surface area contributed by atoms with Crippen molar-refractivity contribution in [3.8, 4) is 5.75 Å². The minimum atomic E-state index is -0.512. The molecule has 2 aromatic rings. The van der Waals surface area contributed by atoms with Crippen LogP contribution in [0.5, 0.6) is 5.75 Å². The number of rotatable bonds is 4. The van der Waals surface area contributed by atoms with Crippen LogP contribution < -0.4 is 21.1 Å². The Kier molecular flexibility index (Phi) is 7.39. The molecule has 0 aliphatic heterocycles. The largest absolute Gasteiger partial charge is 0.494 e. The van der Waals surface area contributed by atoms with Gasteiger partial charge in [0.15, 0.2) is 10.9 Å². The number of thiocarbonyl (C=S) groups is 1. The highest BCUT2D eigenvalue weighted by Gasteiger charge is 2.33. The summed E-state index contributed by atoms with van der Waals surface area (Å²) in [7, 11) is 1.44. The molecule has 32 heavy (non-hydrogen) atoms. The van der Waals surface area contributed by atoms with E-state index < -0.39 is 11.8 Å². The second-order valence-electron chi connectivity index (χ2n) is 8.76. The van der Waals surface area contributed by atoms with Crippen molar-refractivity contribution < 1.29 is 14.3 Å². The van der Waals surface area contributed by atoms with Gasteiger partial charge >= 0.3 is 0 Å². The number of methoxy groups -OCH3 is 1. The number of hydrogen-bond donors (Lipinski definition) is 3. The summed E-state index contributed by atoms with van der Waals surface area (Å²) in [4.78, 5) is 26.0. The van der Waals surface area contributed by atoms with Crippen LogP contribution in [0.25, 0.3) is 0 Å². The van der Waals surface area contributed by atoms with E-state index in [1.807, 2.05) is 0 Å². The van der Waals surface area contributed by atoms with Crippen molar-refractivity contribution in [3.63, 3.8) is 0 Å². The summed E-state index contributed by atoms with van der Waals surface area (Å²) in [5.41, 5.74) is 7.51. The lowest BCUT2D eigenvalue weighted by molar-refractivity contribution is 0.0975. The first-order chi connectivity index (χ1) is 14.9. The van der Waals surface area contributed by atoms with Crippen LogP contribution in [0.1, 0.15) is 58.3 Å². The maximum atomic E-state index is 12.6. The summed E-state index contributed by atoms with van der Waals surface area (Å²) in [5.74, 6) is -0.210. The number of primary amides is 1. The van der Waals surface area contributed by atoms with E-state index >= 15 is 0 Å². The Morgan fingerprint density at radius 2 is 1.88 bits per heavy atom. The minimum absolute atomic E-state index is 0.0477. The molecule has 0 saturated heterocycles. The van der Waals surface area contributed by atoms with Gasteiger partial charge in [0.25, 0.3) is 11.8 Å². The monoisotopic (exact) mass is 513 g/mol. The van der Waals surface area contributed by atoms with Gasteiger partial charge in [0.1, 0.15) is 5.00 Å². The van der Waals surface area contributed by atoms with Gasteiger partial charge < -0.3 is 15.8 Å². The van der Waals surface area contributed by atoms with Crippen LogP contribution in [0, 0.1) is 11.3 Å². The molecule has 6 nitrogen and oxygen atoms in total. The molecule has 0 saturated carbocycles. The number of carbonyl (C=O) groups excluding carboxylic acids is 2. The van der Waals surface area contributed by atoms with Crippen molar-refractivity contribution in [1.29, 1.82) is 0 Å². The van der Waals surface area contributed by atoms with Gasteiger partial charge in [0, 0.05) is 10.4 Å². The molecular formula is C22H25Cl2N3O3S2. The lowest BCUT2D eigenvalue weighted by Crippen LogP contribution is -2.34. The van der Waals surface area contributed by atoms with Gasteiger partial charge in [-0.25, -0.2) is 0 Å². The molecule has 10 heteroatoms. The van der Waals surface area contributed by atoms with Gasteiger partial charge in [-0.15, -0.1) is 11.3 Å². The second-order valence-corrected chi connectivity index (χ2v) is 11.1. The highest BCUT2D eigenvalue weighted by molar-refractivity contribution is 7.80. The smallest absolute Gasteiger partial charge is 0.257 e. The van der Waals surface area contributed by atoms with Gasteiger partial charge in [0.05, 0.1) is 22.7 Å². The standard InChI is InChI=1S/C22H25Cl2N3O3S2/c1-22(2,3)11-5-6-12-15(9-11)32-20(16(12)18(25)28)27-21(31)26-19(29)10-7-13(23)17(30-4)14(24)8-10/h7-8,11H,5-6,9H2,1-4H3,(H2,25,28)(H2,26,27,29,31). The fraction of sp³-hybridized carbons (Fsp3) is 0.409. The van der Waals surface area contributed by atoms with Crippen LogP contribution in [0.3, 0.4) is 0 Å². The van der Waals surface area contributed by atoms with Gasteiger partial charge in [-0.3, -0.25) is 14.9 Å². The highest BCUT2D eigenvalue weighted by atomic mass is 35.5. The summed E-state index contributed by atoms with van der Waals surface area (Å²) in [5, 5.41) is 6.59. The number of fused-ring (bicyclic) bond motifs is 1. The van der Waals surface area contributed by atoms with Crippen LogP contribution in [0.2, 0.25) is 10.0 Å². The predicted molar refractivity (Wildman–Crippen MR) is 135 cm³/mol. The lowest BCUT2D eigenvalue weighted by atomic mass is 9.72. The molecule has 0 spiro atoms. The zero-order valence-corrected chi connectivity index (χ0v) is 21.4. The molecule has 0 fully saturated rings. The Bertz CT molecular complexity index is 1070. The normalized spacial score (nSPS) is 15.6. The average molecular weight is 515 g/mol. The van der Waals surface area contributed by atoms with E-state index in [0.717, 1.165) is 29.7 Å². The first kappa shape index (κ1) is 24.8. The summed E-state index contributed by atoms with van der Waals surface area (Å²) >= 11 is 19.0. The molecule has 1 atom stereocenters. The van der Waals surface area contributed by atoms with Crippen molar-refractivity contribution in [2.75, 3.05) is 12.4 Å². The van der Waals surface area contributed by atoms with Crippen LogP contribution in [-0.4, -0.2) is 24.0 Å². The second kappa shape index (κ2) is 9.55. The predicted octanol–water partition coefficient (Wildman–Crippen LogP) is 5.44. The molecule has 2 amide bonds. The summed E-state index contributed by atoms with van der Waals surface area (Å²) < 4.78 is 5.10. The molecule has 1 heterocycles. The number of hydrogen-bond acceptors (Lipinski definition) is 5. The number of ether oxygens (including phenoxy) is 1. The van der Waals surface area contributed by atoms with E-state index in [1.54, 1.807) is 0 Å². The molecule has 1 aliphatic rings. The maximum absolute atomic E-state index is 12.6. The Hall–Kier alpha value is -1.87. The van der Waals surface area contributed by atoms with Crippen LogP contribution in [0.15, 0.2) is 12.1 Å². The average Bonchev–Trinajstić information content (AvgIpc) is 3.03. The molecule has 1 aliphatic carbocycles. The topological polar surface area (TPSA) is 93.4 Å². The molecule has 172 valence electrons. The van der Waals surface area contributed by atoms with E-state index in [1.165, 1.54) is 30.6 Å². The maximum Gasteiger partial charge on any atom is 0.257 e. The number of nitrogens with one attached hydrogen (secondary N) is 2. The molecule has 1 unspecified atom stereocenters. The zero-order chi connectivity index (χ0) is 23.8. The first-order valence-corrected chi connectivity index (χ1v) is 12.0. The van der Waals surface area contributed by atoms with E-state index in [9.17, 15) is 9.59 Å². The summed E-state index contributed by atoms with van der Waals surface area (Å²) in [6.45, 7) is 6.69. The molecule has 0 bridgehead atoms. The number of halogens is 2. The molecule has 4 N–H and O–H groups in total. The molecule has 3 rings (SSSR count). The third kappa shape index (κ3) is 5.20. The van der Waals surface area contributed by atoms with Gasteiger partial charge in [-0.05, 0) is 60.5 Å². The third-order valence-corrected chi connectivity index (χ3v) is 7.59. The quantitative estimate of drug-likeness (QED) is 0.473. The molecule has 0 radical (unpaired) electrons. The van der Waals surface area contributed by atoms with Gasteiger partial charge in [-0.1, -0.05) is 44.0 Å². The number of carbonyl (C=O) groups is 2. The fourth-order valence-corrected chi connectivity index (χ4v) is 6.11. The molecule has 1 aromatic carbocycles. The Morgan fingerprint density at radius 3 is 2.41 bits per heavy atom. The van der Waals surface area contributed by atoms with Crippen molar-refractivity contribution in [3.05, 3.63) is 43.7 Å². The van der Waals surface area contributed by atoms with Crippen LogP contribution in [0.4, 0.5) is 5.00 Å². The highest BCUT2D eigenvalue weighted by Crippen LogP contribution is 2.44. The summed E-state index contributed by atoms with van der Waals surface area (Å²) in [6, 6.07) is 2.88.